The predicted octanol–water partition coefficient (Wildman–Crippen LogP) is 4.95. The van der Waals surface area contributed by atoms with Crippen LogP contribution in [0.2, 0.25) is 0 Å². The van der Waals surface area contributed by atoms with Crippen molar-refractivity contribution < 1.29 is 4.74 Å². The number of ether oxygens (including phenoxy) is 1. The Hall–Kier alpha value is -1.02. The van der Waals surface area contributed by atoms with Crippen LogP contribution in [0.4, 0.5) is 0 Å². The second-order valence-corrected chi connectivity index (χ2v) is 6.89. The Morgan fingerprint density at radius 3 is 2.67 bits per heavy atom. The molecule has 0 amide bonds. The summed E-state index contributed by atoms with van der Waals surface area (Å²) in [4.78, 5) is 0. The van der Waals surface area contributed by atoms with Crippen LogP contribution in [0.1, 0.15) is 65.0 Å². The van der Waals surface area contributed by atoms with Gasteiger partial charge in [-0.1, -0.05) is 45.4 Å². The van der Waals surface area contributed by atoms with Crippen LogP contribution in [0.3, 0.4) is 0 Å². The first-order chi connectivity index (χ1) is 10.1. The van der Waals surface area contributed by atoms with E-state index in [9.17, 15) is 0 Å². The SMILES string of the molecule is CCCNC(c1ccccc1OCC)C1CCCC1(C)C. The van der Waals surface area contributed by atoms with E-state index >= 15 is 0 Å². The Morgan fingerprint density at radius 2 is 2.05 bits per heavy atom. The fourth-order valence-corrected chi connectivity index (χ4v) is 3.76. The molecule has 21 heavy (non-hydrogen) atoms. The summed E-state index contributed by atoms with van der Waals surface area (Å²) in [7, 11) is 0. The summed E-state index contributed by atoms with van der Waals surface area (Å²) in [5, 5.41) is 3.80. The van der Waals surface area contributed by atoms with Crippen LogP contribution in [-0.4, -0.2) is 13.2 Å². The Balaban J connectivity index is 2.31. The molecular formula is C19H31NO. The summed E-state index contributed by atoms with van der Waals surface area (Å²) in [6.07, 6.45) is 5.16. The van der Waals surface area contributed by atoms with Gasteiger partial charge >= 0.3 is 0 Å². The first kappa shape index (κ1) is 16.4. The van der Waals surface area contributed by atoms with Crippen molar-refractivity contribution in [3.05, 3.63) is 29.8 Å². The van der Waals surface area contributed by atoms with Crippen molar-refractivity contribution in [2.24, 2.45) is 11.3 Å². The average Bonchev–Trinajstić information content (AvgIpc) is 2.81. The van der Waals surface area contributed by atoms with E-state index in [4.69, 9.17) is 4.74 Å². The zero-order valence-corrected chi connectivity index (χ0v) is 14.1. The molecule has 1 fully saturated rings. The molecular weight excluding hydrogens is 258 g/mol. The van der Waals surface area contributed by atoms with Crippen molar-refractivity contribution >= 4 is 0 Å². The molecule has 2 heteroatoms. The Labute approximate surface area is 130 Å². The van der Waals surface area contributed by atoms with Crippen molar-refractivity contribution in [3.8, 4) is 5.75 Å². The van der Waals surface area contributed by atoms with E-state index in [1.54, 1.807) is 0 Å². The maximum Gasteiger partial charge on any atom is 0.124 e. The Kier molecular flexibility index (Phi) is 5.69. The maximum absolute atomic E-state index is 5.89. The topological polar surface area (TPSA) is 21.3 Å². The number of para-hydroxylation sites is 1. The van der Waals surface area contributed by atoms with Gasteiger partial charge in [0.05, 0.1) is 6.61 Å². The third-order valence-electron chi connectivity index (χ3n) is 4.91. The minimum atomic E-state index is 0.407. The van der Waals surface area contributed by atoms with E-state index in [1.807, 2.05) is 0 Å². The molecule has 2 unspecified atom stereocenters. The van der Waals surface area contributed by atoms with Crippen LogP contribution in [0.25, 0.3) is 0 Å². The summed E-state index contributed by atoms with van der Waals surface area (Å²) in [6.45, 7) is 10.9. The highest BCUT2D eigenvalue weighted by atomic mass is 16.5. The van der Waals surface area contributed by atoms with E-state index in [1.165, 1.54) is 31.2 Å². The van der Waals surface area contributed by atoms with Crippen LogP contribution in [0.15, 0.2) is 24.3 Å². The second-order valence-electron chi connectivity index (χ2n) is 6.89. The molecule has 118 valence electrons. The highest BCUT2D eigenvalue weighted by Crippen LogP contribution is 2.49. The molecule has 0 radical (unpaired) electrons. The molecule has 2 nitrogen and oxygen atoms in total. The van der Waals surface area contributed by atoms with Gasteiger partial charge in [0.25, 0.3) is 0 Å². The van der Waals surface area contributed by atoms with Crippen molar-refractivity contribution in [2.45, 2.75) is 59.4 Å². The highest BCUT2D eigenvalue weighted by molar-refractivity contribution is 5.37. The van der Waals surface area contributed by atoms with Crippen molar-refractivity contribution in [1.82, 2.24) is 5.32 Å². The van der Waals surface area contributed by atoms with E-state index in [0.29, 0.717) is 17.4 Å². The van der Waals surface area contributed by atoms with Gasteiger partial charge in [-0.25, -0.2) is 0 Å². The van der Waals surface area contributed by atoms with Crippen LogP contribution >= 0.6 is 0 Å². The first-order valence-electron chi connectivity index (χ1n) is 8.55. The number of benzene rings is 1. The molecule has 2 atom stereocenters. The zero-order valence-electron chi connectivity index (χ0n) is 14.1. The van der Waals surface area contributed by atoms with Crippen LogP contribution < -0.4 is 10.1 Å². The van der Waals surface area contributed by atoms with Crippen LogP contribution in [0, 0.1) is 11.3 Å². The summed E-state index contributed by atoms with van der Waals surface area (Å²) in [5.74, 6) is 1.74. The third-order valence-corrected chi connectivity index (χ3v) is 4.91. The van der Waals surface area contributed by atoms with Gasteiger partial charge in [0.1, 0.15) is 5.75 Å². The molecule has 1 aromatic rings. The lowest BCUT2D eigenvalue weighted by Gasteiger charge is -2.36. The fraction of sp³-hybridized carbons (Fsp3) is 0.684. The zero-order chi connectivity index (χ0) is 15.3. The molecule has 1 saturated carbocycles. The smallest absolute Gasteiger partial charge is 0.124 e. The predicted molar refractivity (Wildman–Crippen MR) is 89.8 cm³/mol. The van der Waals surface area contributed by atoms with Gasteiger partial charge in [-0.15, -0.1) is 0 Å². The summed E-state index contributed by atoms with van der Waals surface area (Å²) in [6, 6.07) is 8.98. The molecule has 1 N–H and O–H groups in total. The molecule has 1 aliphatic carbocycles. The lowest BCUT2D eigenvalue weighted by molar-refractivity contribution is 0.194. The van der Waals surface area contributed by atoms with Gasteiger partial charge in [-0.3, -0.25) is 0 Å². The lowest BCUT2D eigenvalue weighted by Crippen LogP contribution is -2.34. The largest absolute Gasteiger partial charge is 0.494 e. The quantitative estimate of drug-likeness (QED) is 0.766. The summed E-state index contributed by atoms with van der Waals surface area (Å²) < 4.78 is 5.89. The van der Waals surface area contributed by atoms with Gasteiger partial charge in [0.15, 0.2) is 0 Å². The summed E-state index contributed by atoms with van der Waals surface area (Å²) in [5.41, 5.74) is 1.75. The molecule has 0 heterocycles. The van der Waals surface area contributed by atoms with Gasteiger partial charge < -0.3 is 10.1 Å². The fourth-order valence-electron chi connectivity index (χ4n) is 3.76. The number of rotatable bonds is 7. The average molecular weight is 289 g/mol. The maximum atomic E-state index is 5.89. The van der Waals surface area contributed by atoms with Gasteiger partial charge in [-0.2, -0.15) is 0 Å². The lowest BCUT2D eigenvalue weighted by atomic mass is 9.75. The van der Waals surface area contributed by atoms with Crippen LogP contribution in [0.5, 0.6) is 5.75 Å². The molecule has 0 aromatic heterocycles. The van der Waals surface area contributed by atoms with Crippen LogP contribution in [-0.2, 0) is 0 Å². The number of nitrogens with one attached hydrogen (secondary N) is 1. The molecule has 1 aromatic carbocycles. The monoisotopic (exact) mass is 289 g/mol. The molecule has 0 saturated heterocycles. The first-order valence-corrected chi connectivity index (χ1v) is 8.55. The van der Waals surface area contributed by atoms with Crippen molar-refractivity contribution in [1.29, 1.82) is 0 Å². The molecule has 0 aliphatic heterocycles. The van der Waals surface area contributed by atoms with Gasteiger partial charge in [-0.05, 0) is 50.1 Å². The molecule has 2 rings (SSSR count). The third kappa shape index (κ3) is 3.79. The minimum Gasteiger partial charge on any atom is -0.494 e. The standard InChI is InChI=1S/C19H31NO/c1-5-14-20-18(16-11-9-13-19(16,3)4)15-10-7-8-12-17(15)21-6-2/h7-8,10,12,16,18,20H,5-6,9,11,13-14H2,1-4H3. The van der Waals surface area contributed by atoms with Crippen molar-refractivity contribution in [2.75, 3.05) is 13.2 Å². The van der Waals surface area contributed by atoms with Gasteiger partial charge in [0, 0.05) is 11.6 Å². The second kappa shape index (κ2) is 7.31. The number of hydrogen-bond acceptors (Lipinski definition) is 2. The molecule has 0 spiro atoms. The normalized spacial score (nSPS) is 22.2. The van der Waals surface area contributed by atoms with E-state index in [-0.39, 0.29) is 0 Å². The highest BCUT2D eigenvalue weighted by Gasteiger charge is 2.40. The van der Waals surface area contributed by atoms with E-state index in [2.05, 4.69) is 57.3 Å². The number of hydrogen-bond donors (Lipinski definition) is 1. The van der Waals surface area contributed by atoms with Gasteiger partial charge in [0.2, 0.25) is 0 Å². The molecule has 0 bridgehead atoms. The van der Waals surface area contributed by atoms with E-state index in [0.717, 1.165) is 18.9 Å². The Morgan fingerprint density at radius 1 is 1.29 bits per heavy atom. The minimum absolute atomic E-state index is 0.407. The molecule has 1 aliphatic rings. The van der Waals surface area contributed by atoms with E-state index < -0.39 is 0 Å². The Bertz CT molecular complexity index is 441. The summed E-state index contributed by atoms with van der Waals surface area (Å²) >= 11 is 0. The van der Waals surface area contributed by atoms with Crippen molar-refractivity contribution in [3.63, 3.8) is 0 Å².